The Bertz CT molecular complexity index is 1870. The van der Waals surface area contributed by atoms with Crippen LogP contribution in [0.15, 0.2) is 55.1 Å². The average molecular weight is 650 g/mol. The van der Waals surface area contributed by atoms with Crippen molar-refractivity contribution >= 4 is 40.2 Å². The lowest BCUT2D eigenvalue weighted by molar-refractivity contribution is -0.204. The van der Waals surface area contributed by atoms with Crippen molar-refractivity contribution in [2.45, 2.75) is 38.8 Å². The number of hydrogen-bond donors (Lipinski definition) is 0. The highest BCUT2D eigenvalue weighted by Gasteiger charge is 2.53. The number of esters is 1. The Morgan fingerprint density at radius 1 is 1.00 bits per heavy atom. The maximum Gasteiger partial charge on any atom is 0.491 e. The molecule has 1 atom stereocenters. The summed E-state index contributed by atoms with van der Waals surface area (Å²) in [6, 6.07) is 6.65. The zero-order valence-electron chi connectivity index (χ0n) is 23.9. The van der Waals surface area contributed by atoms with Crippen molar-refractivity contribution in [3.05, 3.63) is 71.8 Å². The first-order valence-electron chi connectivity index (χ1n) is 13.2. The molecule has 3 heterocycles. The van der Waals surface area contributed by atoms with Crippen LogP contribution in [0.1, 0.15) is 23.6 Å². The number of anilines is 2. The van der Waals surface area contributed by atoms with Gasteiger partial charge in [0.1, 0.15) is 17.8 Å². The van der Waals surface area contributed by atoms with E-state index >= 15 is 0 Å². The lowest BCUT2D eigenvalue weighted by Gasteiger charge is -2.22. The number of aromatic nitrogens is 3. The molecule has 17 heteroatoms. The van der Waals surface area contributed by atoms with Crippen LogP contribution in [0.3, 0.4) is 0 Å². The fourth-order valence-electron chi connectivity index (χ4n) is 4.80. The normalized spacial score (nSPS) is 15.5. The molecular formula is C29H21F6N5O6. The number of imide groups is 1. The molecule has 1 fully saturated rings. The molecule has 240 valence electrons. The molecule has 1 aliphatic rings. The van der Waals surface area contributed by atoms with E-state index in [0.717, 1.165) is 0 Å². The summed E-state index contributed by atoms with van der Waals surface area (Å²) < 4.78 is 95.2. The van der Waals surface area contributed by atoms with E-state index in [1.807, 2.05) is 0 Å². The van der Waals surface area contributed by atoms with E-state index in [1.54, 1.807) is 25.1 Å². The van der Waals surface area contributed by atoms with Crippen LogP contribution in [0.4, 0.5) is 42.5 Å². The van der Waals surface area contributed by atoms with Gasteiger partial charge in [-0.3, -0.25) is 9.78 Å². The molecule has 0 saturated carbocycles. The Hall–Kier alpha value is -5.48. The van der Waals surface area contributed by atoms with Crippen molar-refractivity contribution in [2.75, 3.05) is 16.9 Å². The zero-order valence-corrected chi connectivity index (χ0v) is 23.9. The van der Waals surface area contributed by atoms with E-state index in [0.29, 0.717) is 45.6 Å². The van der Waals surface area contributed by atoms with Gasteiger partial charge in [0.25, 0.3) is 12.1 Å². The molecule has 2 aromatic carbocycles. The van der Waals surface area contributed by atoms with Crippen LogP contribution in [-0.4, -0.2) is 52.4 Å². The summed E-state index contributed by atoms with van der Waals surface area (Å²) >= 11 is 0. The van der Waals surface area contributed by atoms with Crippen LogP contribution < -0.4 is 19.3 Å². The molecule has 4 aromatic rings. The largest absolute Gasteiger partial charge is 0.497 e. The summed E-state index contributed by atoms with van der Waals surface area (Å²) in [7, 11) is 1.49. The van der Waals surface area contributed by atoms with Crippen molar-refractivity contribution in [1.82, 2.24) is 15.0 Å². The molecule has 46 heavy (non-hydrogen) atoms. The van der Waals surface area contributed by atoms with Gasteiger partial charge in [0.05, 0.1) is 41.1 Å². The number of alkyl halides is 6. The molecule has 1 unspecified atom stereocenters. The van der Waals surface area contributed by atoms with Crippen molar-refractivity contribution in [3.8, 4) is 17.4 Å². The van der Waals surface area contributed by atoms with Gasteiger partial charge in [-0.1, -0.05) is 6.92 Å². The van der Waals surface area contributed by atoms with Gasteiger partial charge in [-0.25, -0.2) is 29.4 Å². The molecule has 0 radical (unpaired) electrons. The second-order valence-electron chi connectivity index (χ2n) is 9.72. The second-order valence-corrected chi connectivity index (χ2v) is 9.72. The number of nitrogens with zero attached hydrogens (tertiary/aromatic N) is 5. The van der Waals surface area contributed by atoms with Crippen molar-refractivity contribution in [3.63, 3.8) is 0 Å². The summed E-state index contributed by atoms with van der Waals surface area (Å²) in [6.07, 6.45) is -10.5. The highest BCUT2D eigenvalue weighted by molar-refractivity contribution is 6.28. The summed E-state index contributed by atoms with van der Waals surface area (Å²) in [4.78, 5) is 51.3. The van der Waals surface area contributed by atoms with Crippen molar-refractivity contribution in [1.29, 1.82) is 0 Å². The predicted molar refractivity (Wildman–Crippen MR) is 147 cm³/mol. The average Bonchev–Trinajstić information content (AvgIpc) is 3.24. The second kappa shape index (κ2) is 11.8. The number of pyridine rings is 1. The number of carbonyl (C=O) groups excluding carboxylic acids is 3. The number of ether oxygens (including phenoxy) is 3. The predicted octanol–water partition coefficient (Wildman–Crippen LogP) is 6.12. The monoisotopic (exact) mass is 649 g/mol. The summed E-state index contributed by atoms with van der Waals surface area (Å²) in [5.74, 6) is -3.35. The molecule has 0 N–H and O–H groups in total. The molecule has 11 nitrogen and oxygen atoms in total. The number of halogens is 6. The summed E-state index contributed by atoms with van der Waals surface area (Å²) in [6.45, 7) is 3.22. The highest BCUT2D eigenvalue weighted by atomic mass is 19.4. The minimum absolute atomic E-state index is 0.146. The van der Waals surface area contributed by atoms with Gasteiger partial charge in [0, 0.05) is 12.3 Å². The minimum Gasteiger partial charge on any atom is -0.497 e. The van der Waals surface area contributed by atoms with Crippen LogP contribution in [0.5, 0.6) is 17.4 Å². The van der Waals surface area contributed by atoms with Crippen molar-refractivity contribution in [2.24, 2.45) is 0 Å². The third kappa shape index (κ3) is 5.82. The van der Waals surface area contributed by atoms with E-state index in [9.17, 15) is 40.7 Å². The molecule has 1 aliphatic heterocycles. The lowest BCUT2D eigenvalue weighted by atomic mass is 10.0. The summed E-state index contributed by atoms with van der Waals surface area (Å²) in [5.41, 5.74) is -1.05. The fourth-order valence-corrected chi connectivity index (χ4v) is 4.80. The smallest absolute Gasteiger partial charge is 0.491 e. The van der Waals surface area contributed by atoms with Gasteiger partial charge < -0.3 is 14.2 Å². The Morgan fingerprint density at radius 2 is 1.74 bits per heavy atom. The fraction of sp³-hybridized carbons (Fsp3) is 0.241. The molecule has 0 aliphatic carbocycles. The third-order valence-electron chi connectivity index (χ3n) is 6.98. The Balaban J connectivity index is 1.56. The van der Waals surface area contributed by atoms with Gasteiger partial charge in [0.2, 0.25) is 5.88 Å². The number of hydrogen-bond acceptors (Lipinski definition) is 9. The molecule has 0 spiro atoms. The maximum absolute atomic E-state index is 13.6. The number of rotatable bonds is 7. The first-order chi connectivity index (χ1) is 21.6. The number of urea groups is 1. The molecular weight excluding hydrogens is 628 g/mol. The standard InChI is InChI=1S/C29H21F6N5O6/c1-4-18-14(2)21(7-8-22(18)45-23-19-6-5-17(44-3)10-20(19)37-13-38-23)40-24(41)25(46-26(42)29(33,34)35)39(27(40)43)16-9-15(11-36-12-16)28(30,31)32/h5-13,25H,4H2,1-3H3. The Labute approximate surface area is 255 Å². The quantitative estimate of drug-likeness (QED) is 0.132. The number of amides is 3. The van der Waals surface area contributed by atoms with Gasteiger partial charge >= 0.3 is 24.4 Å². The van der Waals surface area contributed by atoms with Gasteiger partial charge in [-0.2, -0.15) is 26.3 Å². The lowest BCUT2D eigenvalue weighted by Crippen LogP contribution is -2.42. The van der Waals surface area contributed by atoms with Crippen LogP contribution in [-0.2, 0) is 26.9 Å². The summed E-state index contributed by atoms with van der Waals surface area (Å²) in [5, 5.41) is 0.525. The van der Waals surface area contributed by atoms with Crippen molar-refractivity contribution < 1.29 is 54.9 Å². The number of benzene rings is 2. The van der Waals surface area contributed by atoms with Gasteiger partial charge in [-0.05, 0) is 54.8 Å². The molecule has 1 saturated heterocycles. The van der Waals surface area contributed by atoms with E-state index in [-0.39, 0.29) is 34.2 Å². The van der Waals surface area contributed by atoms with Gasteiger partial charge in [0.15, 0.2) is 0 Å². The number of fused-ring (bicyclic) bond motifs is 1. The van der Waals surface area contributed by atoms with E-state index in [4.69, 9.17) is 9.47 Å². The molecule has 0 bridgehead atoms. The Kier molecular flexibility index (Phi) is 8.18. The van der Waals surface area contributed by atoms with Crippen LogP contribution in [0, 0.1) is 6.92 Å². The SMILES string of the molecule is CCc1c(Oc2ncnc3cc(OC)ccc23)ccc(N2C(=O)C(OC(=O)C(F)(F)F)N(c3cncc(C(F)(F)F)c3)C2=O)c1C. The van der Waals surface area contributed by atoms with E-state index < -0.39 is 47.7 Å². The Morgan fingerprint density at radius 3 is 2.39 bits per heavy atom. The first-order valence-corrected chi connectivity index (χ1v) is 13.2. The van der Waals surface area contributed by atoms with Crippen LogP contribution in [0.2, 0.25) is 0 Å². The molecule has 2 aromatic heterocycles. The molecule has 3 amide bonds. The zero-order chi connectivity index (χ0) is 33.6. The molecule has 5 rings (SSSR count). The first kappa shape index (κ1) is 31.9. The maximum atomic E-state index is 13.6. The minimum atomic E-state index is -5.59. The van der Waals surface area contributed by atoms with E-state index in [2.05, 4.69) is 19.7 Å². The topological polar surface area (TPSA) is 124 Å². The van der Waals surface area contributed by atoms with Gasteiger partial charge in [-0.15, -0.1) is 0 Å². The third-order valence-corrected chi connectivity index (χ3v) is 6.98. The number of carbonyl (C=O) groups is 3. The number of methoxy groups -OCH3 is 1. The van der Waals surface area contributed by atoms with Crippen LogP contribution in [0.25, 0.3) is 10.9 Å². The van der Waals surface area contributed by atoms with Crippen LogP contribution >= 0.6 is 0 Å². The highest BCUT2D eigenvalue weighted by Crippen LogP contribution is 2.40. The van der Waals surface area contributed by atoms with E-state index in [1.165, 1.54) is 32.5 Å².